The van der Waals surface area contributed by atoms with Crippen molar-refractivity contribution in [2.24, 2.45) is 7.05 Å². The first-order valence-electron chi connectivity index (χ1n) is 7.37. The highest BCUT2D eigenvalue weighted by Gasteiger charge is 2.20. The van der Waals surface area contributed by atoms with E-state index in [0.717, 1.165) is 0 Å². The van der Waals surface area contributed by atoms with E-state index >= 15 is 0 Å². The lowest BCUT2D eigenvalue weighted by Gasteiger charge is -2.14. The maximum atomic E-state index is 12.1. The van der Waals surface area contributed by atoms with Crippen LogP contribution >= 0.6 is 0 Å². The first-order valence-corrected chi connectivity index (χ1v) is 7.37. The number of nitrogens with zero attached hydrogens (tertiary/aromatic N) is 1. The van der Waals surface area contributed by atoms with Gasteiger partial charge in [-0.25, -0.2) is 4.79 Å². The van der Waals surface area contributed by atoms with Crippen LogP contribution in [0, 0.1) is 0 Å². The zero-order chi connectivity index (χ0) is 17.7. The van der Waals surface area contributed by atoms with Crippen molar-refractivity contribution >= 4 is 29.2 Å². The first-order chi connectivity index (χ1) is 11.4. The quantitative estimate of drug-likeness (QED) is 0.823. The molecule has 0 saturated heterocycles. The van der Waals surface area contributed by atoms with Crippen LogP contribution < -0.4 is 10.6 Å². The Hall–Kier alpha value is -3.09. The smallest absolute Gasteiger partial charge is 0.355 e. The molecule has 0 saturated carbocycles. The molecule has 2 amide bonds. The molecular formula is C17H19N3O4. The Balaban J connectivity index is 1.92. The number of hydrogen-bond donors (Lipinski definition) is 2. The highest BCUT2D eigenvalue weighted by molar-refractivity contribution is 5.97. The van der Waals surface area contributed by atoms with E-state index in [1.807, 2.05) is 0 Å². The second-order valence-electron chi connectivity index (χ2n) is 5.30. The molecule has 0 spiro atoms. The molecule has 0 fully saturated rings. The number of aryl methyl sites for hydroxylation is 1. The molecule has 1 atom stereocenters. The third-order valence-electron chi connectivity index (χ3n) is 3.28. The summed E-state index contributed by atoms with van der Waals surface area (Å²) in [6, 6.07) is 9.96. The van der Waals surface area contributed by atoms with Gasteiger partial charge in [0.15, 0.2) is 6.10 Å². The Labute approximate surface area is 139 Å². The minimum Gasteiger partial charge on any atom is -0.448 e. The molecule has 0 bridgehead atoms. The molecular weight excluding hydrogens is 310 g/mol. The fourth-order valence-electron chi connectivity index (χ4n) is 2.03. The van der Waals surface area contributed by atoms with Crippen LogP contribution in [0.5, 0.6) is 0 Å². The molecule has 0 aliphatic carbocycles. The first kappa shape index (κ1) is 17.3. The molecule has 1 aromatic carbocycles. The molecule has 2 N–H and O–H groups in total. The van der Waals surface area contributed by atoms with Gasteiger partial charge in [-0.3, -0.25) is 9.59 Å². The summed E-state index contributed by atoms with van der Waals surface area (Å²) in [6.07, 6.45) is 0.778. The molecule has 7 nitrogen and oxygen atoms in total. The van der Waals surface area contributed by atoms with Crippen LogP contribution in [0.25, 0.3) is 0 Å². The van der Waals surface area contributed by atoms with Gasteiger partial charge in [-0.1, -0.05) is 0 Å². The summed E-state index contributed by atoms with van der Waals surface area (Å²) in [5.74, 6) is -1.18. The van der Waals surface area contributed by atoms with Crippen molar-refractivity contribution in [1.29, 1.82) is 0 Å². The normalized spacial score (nSPS) is 11.5. The number of benzene rings is 1. The Bertz CT molecular complexity index is 749. The van der Waals surface area contributed by atoms with E-state index in [1.165, 1.54) is 13.8 Å². The van der Waals surface area contributed by atoms with Crippen LogP contribution in [0.1, 0.15) is 24.3 Å². The van der Waals surface area contributed by atoms with Crippen molar-refractivity contribution in [3.05, 3.63) is 48.3 Å². The number of carbonyl (C=O) groups is 3. The fraction of sp³-hybridized carbons (Fsp3) is 0.235. The van der Waals surface area contributed by atoms with E-state index in [0.29, 0.717) is 17.1 Å². The minimum absolute atomic E-state index is 0.173. The topological polar surface area (TPSA) is 89.4 Å². The number of hydrogen-bond acceptors (Lipinski definition) is 4. The lowest BCUT2D eigenvalue weighted by Crippen LogP contribution is -2.30. The zero-order valence-corrected chi connectivity index (χ0v) is 13.7. The lowest BCUT2D eigenvalue weighted by molar-refractivity contribution is -0.123. The van der Waals surface area contributed by atoms with Gasteiger partial charge in [-0.05, 0) is 43.3 Å². The number of nitrogens with one attached hydrogen (secondary N) is 2. The highest BCUT2D eigenvalue weighted by atomic mass is 16.5. The largest absolute Gasteiger partial charge is 0.448 e. The second-order valence-corrected chi connectivity index (χ2v) is 5.30. The van der Waals surface area contributed by atoms with Crippen molar-refractivity contribution < 1.29 is 19.1 Å². The summed E-state index contributed by atoms with van der Waals surface area (Å²) in [5.41, 5.74) is 1.54. The van der Waals surface area contributed by atoms with Crippen LogP contribution in [0.2, 0.25) is 0 Å². The van der Waals surface area contributed by atoms with Crippen LogP contribution in [0.4, 0.5) is 11.4 Å². The van der Waals surface area contributed by atoms with Gasteiger partial charge in [0.25, 0.3) is 5.91 Å². The molecule has 0 aliphatic heterocycles. The number of amides is 2. The second kappa shape index (κ2) is 7.45. The molecule has 126 valence electrons. The average Bonchev–Trinajstić information content (AvgIpc) is 2.94. The minimum atomic E-state index is -0.942. The summed E-state index contributed by atoms with van der Waals surface area (Å²) in [5, 5.41) is 5.28. The zero-order valence-electron chi connectivity index (χ0n) is 13.7. The van der Waals surface area contributed by atoms with Crippen LogP contribution in [0.3, 0.4) is 0 Å². The van der Waals surface area contributed by atoms with Gasteiger partial charge in [-0.2, -0.15) is 0 Å². The van der Waals surface area contributed by atoms with Crippen molar-refractivity contribution in [2.45, 2.75) is 20.0 Å². The van der Waals surface area contributed by atoms with E-state index in [2.05, 4.69) is 10.6 Å². The molecule has 24 heavy (non-hydrogen) atoms. The Morgan fingerprint density at radius 3 is 2.12 bits per heavy atom. The Morgan fingerprint density at radius 1 is 1.04 bits per heavy atom. The van der Waals surface area contributed by atoms with Gasteiger partial charge < -0.3 is 19.9 Å². The summed E-state index contributed by atoms with van der Waals surface area (Å²) in [6.45, 7) is 2.92. The SMILES string of the molecule is CC(=O)Nc1ccc(NC(=O)[C@H](C)OC(=O)c2cccn2C)cc1. The predicted octanol–water partition coefficient (Wildman–Crippen LogP) is 2.17. The lowest BCUT2D eigenvalue weighted by atomic mass is 10.2. The molecule has 2 rings (SSSR count). The summed E-state index contributed by atoms with van der Waals surface area (Å²) in [7, 11) is 1.72. The summed E-state index contributed by atoms with van der Waals surface area (Å²) in [4.78, 5) is 35.0. The number of esters is 1. The van der Waals surface area contributed by atoms with Gasteiger partial charge in [0.1, 0.15) is 5.69 Å². The number of ether oxygens (including phenoxy) is 1. The van der Waals surface area contributed by atoms with Gasteiger partial charge in [-0.15, -0.1) is 0 Å². The third-order valence-corrected chi connectivity index (χ3v) is 3.28. The summed E-state index contributed by atoms with van der Waals surface area (Å²) >= 11 is 0. The predicted molar refractivity (Wildman–Crippen MR) is 89.7 cm³/mol. The number of anilines is 2. The monoisotopic (exact) mass is 329 g/mol. The Morgan fingerprint density at radius 2 is 1.62 bits per heavy atom. The number of carbonyl (C=O) groups excluding carboxylic acids is 3. The van der Waals surface area contributed by atoms with E-state index < -0.39 is 18.0 Å². The number of aromatic nitrogens is 1. The van der Waals surface area contributed by atoms with Crippen LogP contribution in [-0.4, -0.2) is 28.5 Å². The molecule has 0 aliphatic rings. The molecule has 1 aromatic heterocycles. The maximum Gasteiger partial charge on any atom is 0.355 e. The third kappa shape index (κ3) is 4.45. The fourth-order valence-corrected chi connectivity index (χ4v) is 2.03. The standard InChI is InChI=1S/C17H19N3O4/c1-11(24-17(23)15-5-4-10-20(15)3)16(22)19-14-8-6-13(7-9-14)18-12(2)21/h4-11H,1-3H3,(H,18,21)(H,19,22)/t11-/m0/s1. The molecule has 0 radical (unpaired) electrons. The van der Waals surface area contributed by atoms with Crippen molar-refractivity contribution in [2.75, 3.05) is 10.6 Å². The number of rotatable bonds is 5. The van der Waals surface area contributed by atoms with Crippen molar-refractivity contribution in [3.8, 4) is 0 Å². The van der Waals surface area contributed by atoms with E-state index in [4.69, 9.17) is 4.74 Å². The van der Waals surface area contributed by atoms with Gasteiger partial charge in [0.2, 0.25) is 5.91 Å². The van der Waals surface area contributed by atoms with E-state index in [-0.39, 0.29) is 5.91 Å². The van der Waals surface area contributed by atoms with Crippen molar-refractivity contribution in [3.63, 3.8) is 0 Å². The van der Waals surface area contributed by atoms with E-state index in [1.54, 1.807) is 54.2 Å². The average molecular weight is 329 g/mol. The maximum absolute atomic E-state index is 12.1. The summed E-state index contributed by atoms with van der Waals surface area (Å²) < 4.78 is 6.78. The molecule has 2 aromatic rings. The van der Waals surface area contributed by atoms with Gasteiger partial charge in [0.05, 0.1) is 0 Å². The van der Waals surface area contributed by atoms with Crippen LogP contribution in [0.15, 0.2) is 42.6 Å². The van der Waals surface area contributed by atoms with Crippen LogP contribution in [-0.2, 0) is 21.4 Å². The van der Waals surface area contributed by atoms with Gasteiger partial charge in [0, 0.05) is 31.5 Å². The van der Waals surface area contributed by atoms with E-state index in [9.17, 15) is 14.4 Å². The molecule has 0 unspecified atom stereocenters. The Kier molecular flexibility index (Phi) is 5.36. The highest BCUT2D eigenvalue weighted by Crippen LogP contribution is 2.14. The van der Waals surface area contributed by atoms with Crippen molar-refractivity contribution in [1.82, 2.24) is 4.57 Å². The molecule has 1 heterocycles. The molecule has 7 heteroatoms. The van der Waals surface area contributed by atoms with Gasteiger partial charge >= 0.3 is 5.97 Å².